The zero-order chi connectivity index (χ0) is 37.7. The van der Waals surface area contributed by atoms with Crippen molar-refractivity contribution in [2.24, 2.45) is 0 Å². The first kappa shape index (κ1) is 55.3. The molecule has 316 valence electrons. The van der Waals surface area contributed by atoms with Crippen molar-refractivity contribution >= 4 is 69.4 Å². The molecule has 6 heteroatoms. The van der Waals surface area contributed by atoms with Crippen molar-refractivity contribution in [1.82, 2.24) is 0 Å². The Bertz CT molecular complexity index is 2020. The summed E-state index contributed by atoms with van der Waals surface area (Å²) in [6.45, 7) is 16.8. The Morgan fingerprint density at radius 2 is 0.776 bits per heavy atom. The van der Waals surface area contributed by atoms with Gasteiger partial charge in [0, 0.05) is 80.1 Å². The number of nitrogens with zero attached hydrogens (tertiary/aromatic N) is 4. The molecule has 0 fully saturated rings. The van der Waals surface area contributed by atoms with Crippen LogP contribution in [0.4, 0.5) is 34.1 Å². The Hall–Kier alpha value is -4.83. The molecule has 6 aliphatic rings. The van der Waals surface area contributed by atoms with E-state index >= 15 is 0 Å². The van der Waals surface area contributed by atoms with Crippen molar-refractivity contribution in [1.29, 1.82) is 0 Å². The van der Waals surface area contributed by atoms with Crippen molar-refractivity contribution in [2.75, 3.05) is 47.8 Å². The standard InChI is InChI=1S/2C19H17BN2.4C2H6.6CH4/c2*1-21-15-9-4-3-7-13(15)20-14-8-5-10-16(14)22(2)18-12-6-11-17(21)19(18)20;4*1-2;;;;;;/h3-7,9-12H,8H2,1-2H3;3-9,11-12H,10H2,1-2H3;4*1-2H3;6*1H4. The van der Waals surface area contributed by atoms with Crippen molar-refractivity contribution in [2.45, 2.75) is 113 Å². The molecule has 4 aromatic rings. The third kappa shape index (κ3) is 8.77. The maximum atomic E-state index is 2.38. The number of hydrogen-bond acceptors (Lipinski definition) is 4. The zero-order valence-corrected chi connectivity index (χ0v) is 33.8. The molecule has 0 aromatic heterocycles. The number of allylic oxidation sites excluding steroid dienone is 6. The average Bonchev–Trinajstić information content (AvgIpc) is 3.92. The van der Waals surface area contributed by atoms with E-state index in [-0.39, 0.29) is 44.6 Å². The van der Waals surface area contributed by atoms with Gasteiger partial charge in [0.05, 0.1) is 0 Å². The van der Waals surface area contributed by atoms with Gasteiger partial charge in [-0.25, -0.2) is 0 Å². The highest BCUT2D eigenvalue weighted by Gasteiger charge is 2.43. The lowest BCUT2D eigenvalue weighted by Gasteiger charge is -2.41. The highest BCUT2D eigenvalue weighted by atomic mass is 15.2. The summed E-state index contributed by atoms with van der Waals surface area (Å²) in [5.74, 6) is 0. The monoisotopic (exact) mass is 785 g/mol. The van der Waals surface area contributed by atoms with Gasteiger partial charge in [-0.3, -0.25) is 0 Å². The zero-order valence-electron chi connectivity index (χ0n) is 33.8. The smallest absolute Gasteiger partial charge is 0.251 e. The number of fused-ring (bicyclic) bond motifs is 6. The van der Waals surface area contributed by atoms with E-state index in [9.17, 15) is 0 Å². The number of hydrogen-bond donors (Lipinski definition) is 0. The molecule has 4 heterocycles. The van der Waals surface area contributed by atoms with E-state index in [1.807, 2.05) is 55.4 Å². The first-order valence-electron chi connectivity index (χ1n) is 19.7. The summed E-state index contributed by atoms with van der Waals surface area (Å²) < 4.78 is 0. The van der Waals surface area contributed by atoms with Crippen molar-refractivity contribution in [3.63, 3.8) is 0 Å². The molecular weight excluding hydrogens is 702 g/mol. The van der Waals surface area contributed by atoms with Crippen LogP contribution in [-0.4, -0.2) is 41.6 Å². The minimum absolute atomic E-state index is 0. The molecule has 0 spiro atoms. The van der Waals surface area contributed by atoms with Crippen molar-refractivity contribution in [3.8, 4) is 0 Å². The number of benzene rings is 4. The highest BCUT2D eigenvalue weighted by molar-refractivity contribution is 6.96. The van der Waals surface area contributed by atoms with Crippen molar-refractivity contribution < 1.29 is 0 Å². The fourth-order valence-electron chi connectivity index (χ4n) is 8.66. The van der Waals surface area contributed by atoms with E-state index in [0.717, 1.165) is 12.8 Å². The Morgan fingerprint density at radius 3 is 1.28 bits per heavy atom. The van der Waals surface area contributed by atoms with E-state index in [4.69, 9.17) is 0 Å². The second-order valence-corrected chi connectivity index (χ2v) is 12.7. The van der Waals surface area contributed by atoms with E-state index in [1.165, 1.54) is 72.8 Å². The molecule has 0 saturated heterocycles. The highest BCUT2D eigenvalue weighted by Crippen LogP contribution is 2.41. The van der Waals surface area contributed by atoms with Crippen molar-refractivity contribution in [3.05, 3.63) is 132 Å². The van der Waals surface area contributed by atoms with Gasteiger partial charge in [0.1, 0.15) is 0 Å². The summed E-state index contributed by atoms with van der Waals surface area (Å²) >= 11 is 0. The normalized spacial score (nSPS) is 13.8. The first-order chi connectivity index (χ1) is 25.5. The van der Waals surface area contributed by atoms with Crippen LogP contribution >= 0.6 is 0 Å². The predicted molar refractivity (Wildman–Crippen MR) is 276 cm³/mol. The van der Waals surface area contributed by atoms with Gasteiger partial charge >= 0.3 is 0 Å². The molecule has 10 rings (SSSR count). The van der Waals surface area contributed by atoms with E-state index in [1.54, 1.807) is 5.47 Å². The van der Waals surface area contributed by atoms with Crippen LogP contribution in [0, 0.1) is 0 Å². The lowest BCUT2D eigenvalue weighted by Crippen LogP contribution is -2.55. The summed E-state index contributed by atoms with van der Waals surface area (Å²) in [7, 11) is 8.76. The quantitative estimate of drug-likeness (QED) is 0.165. The maximum Gasteiger partial charge on any atom is 0.251 e. The van der Waals surface area contributed by atoms with Gasteiger partial charge in [-0.1, -0.05) is 172 Å². The first-order valence-corrected chi connectivity index (χ1v) is 19.7. The molecule has 0 amide bonds. The van der Waals surface area contributed by atoms with Gasteiger partial charge in [0.2, 0.25) is 6.71 Å². The molecular formula is C52H82B2N4. The molecule has 4 nitrogen and oxygen atoms in total. The summed E-state index contributed by atoms with van der Waals surface area (Å²) in [5, 5.41) is 0. The SMILES string of the molecule is C.C.C.C.C.C.CC.CC.CC.CC.CN1C2=C(C=CC2)B2c3ccccc3N(C)c3cccc1c32.CN1C2=C(CC=C2)B2c3ccccc3N(C)c3cccc1c32. The predicted octanol–water partition coefficient (Wildman–Crippen LogP) is 13.1. The van der Waals surface area contributed by atoms with Crippen LogP contribution in [-0.2, 0) is 0 Å². The van der Waals surface area contributed by atoms with Gasteiger partial charge in [-0.05, 0) is 76.2 Å². The van der Waals surface area contributed by atoms with E-state index in [0.29, 0.717) is 13.4 Å². The molecule has 4 aliphatic heterocycles. The molecule has 2 aliphatic carbocycles. The molecule has 0 N–H and O–H groups in total. The van der Waals surface area contributed by atoms with Crippen LogP contribution < -0.4 is 41.5 Å². The van der Waals surface area contributed by atoms with Crippen LogP contribution in [0.15, 0.2) is 132 Å². The minimum Gasteiger partial charge on any atom is -0.349 e. The van der Waals surface area contributed by atoms with Gasteiger partial charge in [-0.15, -0.1) is 0 Å². The average molecular weight is 785 g/mol. The van der Waals surface area contributed by atoms with Crippen LogP contribution in [0.25, 0.3) is 0 Å². The Balaban J connectivity index is 0. The molecule has 0 saturated carbocycles. The van der Waals surface area contributed by atoms with Gasteiger partial charge in [0.15, 0.2) is 0 Å². The number of anilines is 6. The Kier molecular flexibility index (Phi) is 23.0. The number of rotatable bonds is 0. The summed E-state index contributed by atoms with van der Waals surface area (Å²) in [4.78, 5) is 9.41. The van der Waals surface area contributed by atoms with Crippen LogP contribution in [0.2, 0.25) is 0 Å². The number of likely N-dealkylation sites (N-methyl/N-ethyl adjacent to an activating group) is 1. The van der Waals surface area contributed by atoms with Crippen LogP contribution in [0.3, 0.4) is 0 Å². The lowest BCUT2D eigenvalue weighted by molar-refractivity contribution is 1.04. The van der Waals surface area contributed by atoms with Crippen LogP contribution in [0.5, 0.6) is 0 Å². The molecule has 0 bridgehead atoms. The molecule has 4 aromatic carbocycles. The Labute approximate surface area is 360 Å². The second kappa shape index (κ2) is 24.2. The number of para-hydroxylation sites is 2. The van der Waals surface area contributed by atoms with Gasteiger partial charge < -0.3 is 19.6 Å². The van der Waals surface area contributed by atoms with Crippen LogP contribution in [0.1, 0.15) is 113 Å². The van der Waals surface area contributed by atoms with E-state index in [2.05, 4.69) is 157 Å². The second-order valence-electron chi connectivity index (χ2n) is 12.7. The third-order valence-electron chi connectivity index (χ3n) is 10.7. The topological polar surface area (TPSA) is 13.0 Å². The maximum absolute atomic E-state index is 2.38. The van der Waals surface area contributed by atoms with Gasteiger partial charge in [0.25, 0.3) is 6.71 Å². The molecule has 0 unspecified atom stereocenters. The largest absolute Gasteiger partial charge is 0.349 e. The molecule has 0 atom stereocenters. The van der Waals surface area contributed by atoms with E-state index < -0.39 is 0 Å². The summed E-state index contributed by atoms with van der Waals surface area (Å²) in [5.41, 5.74) is 19.7. The summed E-state index contributed by atoms with van der Waals surface area (Å²) in [6.07, 6.45) is 11.3. The fourth-order valence-corrected chi connectivity index (χ4v) is 8.66. The fraction of sp³-hybridized carbons (Fsp3) is 0.385. The summed E-state index contributed by atoms with van der Waals surface area (Å²) in [6, 6.07) is 31.1. The third-order valence-corrected chi connectivity index (χ3v) is 10.7. The molecule has 0 radical (unpaired) electrons. The lowest BCUT2D eigenvalue weighted by atomic mass is 9.33. The minimum atomic E-state index is 0. The Morgan fingerprint density at radius 1 is 0.397 bits per heavy atom. The molecule has 58 heavy (non-hydrogen) atoms. The van der Waals surface area contributed by atoms with Gasteiger partial charge in [-0.2, -0.15) is 0 Å².